The van der Waals surface area contributed by atoms with E-state index in [-0.39, 0.29) is 23.6 Å². The number of carbonyl (C=O) groups is 4. The zero-order chi connectivity index (χ0) is 25.2. The molecule has 0 saturated heterocycles. The van der Waals surface area contributed by atoms with Crippen LogP contribution in [0, 0.1) is 0 Å². The Morgan fingerprint density at radius 1 is 1.21 bits per heavy atom. The second-order valence-corrected chi connectivity index (χ2v) is 8.29. The number of alkyl carbamates (subject to hydrolysis) is 1. The van der Waals surface area contributed by atoms with Crippen molar-refractivity contribution in [2.75, 3.05) is 32.6 Å². The number of aliphatic hydroxyl groups is 1. The highest BCUT2D eigenvalue weighted by atomic mass is 32.1. The molecule has 12 heteroatoms. The van der Waals surface area contributed by atoms with Gasteiger partial charge in [-0.2, -0.15) is 12.6 Å². The third kappa shape index (κ3) is 9.18. The van der Waals surface area contributed by atoms with Gasteiger partial charge in [-0.3, -0.25) is 14.4 Å². The number of nitrogens with one attached hydrogen (secondary N) is 2. The average Bonchev–Trinajstić information content (AvgIpc) is 2.73. The van der Waals surface area contributed by atoms with Gasteiger partial charge in [-0.15, -0.1) is 0 Å². The lowest BCUT2D eigenvalue weighted by Gasteiger charge is -2.33. The number of esters is 1. The molecule has 1 rings (SSSR count). The van der Waals surface area contributed by atoms with E-state index < -0.39 is 54.7 Å². The molecule has 184 valence electrons. The Labute approximate surface area is 197 Å². The van der Waals surface area contributed by atoms with Crippen LogP contribution in [0.15, 0.2) is 24.3 Å². The number of methoxy groups -OCH3 is 1. The Morgan fingerprint density at radius 3 is 2.39 bits per heavy atom. The van der Waals surface area contributed by atoms with Crippen molar-refractivity contribution < 1.29 is 38.9 Å². The molecule has 0 heterocycles. The number of carbonyl (C=O) groups excluding carboxylic acids is 4. The van der Waals surface area contributed by atoms with Crippen molar-refractivity contribution in [2.24, 2.45) is 0 Å². The van der Waals surface area contributed by atoms with Gasteiger partial charge in [0.25, 0.3) is 0 Å². The summed E-state index contributed by atoms with van der Waals surface area (Å²) in [7, 11) is 1.16. The molecule has 4 N–H and O–H groups in total. The average molecular weight is 486 g/mol. The lowest BCUT2D eigenvalue weighted by atomic mass is 10.0. The molecule has 0 radical (unpaired) electrons. The number of aromatic hydroxyl groups is 1. The topological polar surface area (TPSA) is 154 Å². The smallest absolute Gasteiger partial charge is 0.408 e. The third-order valence-corrected chi connectivity index (χ3v) is 4.54. The molecule has 1 aromatic rings. The summed E-state index contributed by atoms with van der Waals surface area (Å²) < 4.78 is 9.69. The highest BCUT2D eigenvalue weighted by Crippen LogP contribution is 2.25. The number of phenols is 1. The van der Waals surface area contributed by atoms with Crippen molar-refractivity contribution in [1.29, 1.82) is 0 Å². The minimum absolute atomic E-state index is 0.128. The summed E-state index contributed by atoms with van der Waals surface area (Å²) in [5.41, 5.74) is -0.592. The summed E-state index contributed by atoms with van der Waals surface area (Å²) in [4.78, 5) is 51.0. The van der Waals surface area contributed by atoms with E-state index in [1.54, 1.807) is 20.8 Å². The van der Waals surface area contributed by atoms with Crippen LogP contribution in [0.4, 0.5) is 4.79 Å². The predicted molar refractivity (Wildman–Crippen MR) is 122 cm³/mol. The van der Waals surface area contributed by atoms with Gasteiger partial charge in [-0.25, -0.2) is 4.79 Å². The van der Waals surface area contributed by atoms with Gasteiger partial charge in [0.2, 0.25) is 11.8 Å². The standard InChI is InChI=1S/C21H31N3O8S/c1-21(2,3)32-20(30)23-15(12-33)19(29)24(8-9-25)17(13-6-5-7-14(26)10-13)18(28)22-11-16(27)31-4/h5-7,10,15,17,25-26,33H,8-9,11-12H2,1-4H3,(H,22,28)(H,23,30). The van der Waals surface area contributed by atoms with E-state index in [9.17, 15) is 29.4 Å². The molecule has 2 unspecified atom stereocenters. The first-order valence-corrected chi connectivity index (χ1v) is 10.7. The van der Waals surface area contributed by atoms with Crippen LogP contribution in [0.25, 0.3) is 0 Å². The van der Waals surface area contributed by atoms with Gasteiger partial charge in [0.15, 0.2) is 0 Å². The monoisotopic (exact) mass is 485 g/mol. The molecule has 0 aliphatic heterocycles. The Balaban J connectivity index is 3.29. The molecule has 0 saturated carbocycles. The number of rotatable bonds is 10. The number of thiol groups is 1. The van der Waals surface area contributed by atoms with Crippen molar-refractivity contribution in [3.8, 4) is 5.75 Å². The molecule has 0 aromatic heterocycles. The van der Waals surface area contributed by atoms with Crippen LogP contribution in [-0.4, -0.2) is 83.2 Å². The van der Waals surface area contributed by atoms with Crippen LogP contribution < -0.4 is 10.6 Å². The fourth-order valence-corrected chi connectivity index (χ4v) is 3.05. The lowest BCUT2D eigenvalue weighted by Crippen LogP contribution is -2.54. The highest BCUT2D eigenvalue weighted by Gasteiger charge is 2.36. The number of ether oxygens (including phenoxy) is 2. The van der Waals surface area contributed by atoms with Crippen LogP contribution in [-0.2, 0) is 23.9 Å². The van der Waals surface area contributed by atoms with Crippen molar-refractivity contribution in [3.05, 3.63) is 29.8 Å². The van der Waals surface area contributed by atoms with Gasteiger partial charge in [0, 0.05) is 12.3 Å². The zero-order valence-electron chi connectivity index (χ0n) is 19.0. The molecule has 33 heavy (non-hydrogen) atoms. The number of amides is 3. The maximum Gasteiger partial charge on any atom is 0.408 e. The summed E-state index contributed by atoms with van der Waals surface area (Å²) in [6, 6.07) is 3.09. The summed E-state index contributed by atoms with van der Waals surface area (Å²) in [6.07, 6.45) is -0.858. The molecule has 0 spiro atoms. The van der Waals surface area contributed by atoms with Crippen LogP contribution >= 0.6 is 12.6 Å². The first-order valence-electron chi connectivity index (χ1n) is 10.1. The minimum Gasteiger partial charge on any atom is -0.508 e. The Kier molecular flexibility index (Phi) is 11.0. The molecular formula is C21H31N3O8S. The van der Waals surface area contributed by atoms with Gasteiger partial charge in [0.05, 0.1) is 13.7 Å². The molecule has 0 aliphatic rings. The summed E-state index contributed by atoms with van der Waals surface area (Å²) in [5, 5.41) is 24.3. The molecule has 2 atom stereocenters. The largest absolute Gasteiger partial charge is 0.508 e. The number of phenolic OH excluding ortho intramolecular Hbond substituents is 1. The number of hydrogen-bond donors (Lipinski definition) is 5. The third-order valence-electron chi connectivity index (χ3n) is 4.18. The number of benzene rings is 1. The molecular weight excluding hydrogens is 454 g/mol. The fourth-order valence-electron chi connectivity index (χ4n) is 2.81. The van der Waals surface area contributed by atoms with Crippen LogP contribution in [0.3, 0.4) is 0 Å². The van der Waals surface area contributed by atoms with E-state index in [1.807, 2.05) is 0 Å². The van der Waals surface area contributed by atoms with Crippen molar-refractivity contribution in [2.45, 2.75) is 38.5 Å². The van der Waals surface area contributed by atoms with Crippen molar-refractivity contribution >= 4 is 36.5 Å². The highest BCUT2D eigenvalue weighted by molar-refractivity contribution is 7.80. The first kappa shape index (κ1) is 28.0. The lowest BCUT2D eigenvalue weighted by molar-refractivity contribution is -0.144. The van der Waals surface area contributed by atoms with Crippen LogP contribution in [0.1, 0.15) is 32.4 Å². The van der Waals surface area contributed by atoms with Crippen LogP contribution in [0.5, 0.6) is 5.75 Å². The predicted octanol–water partition coefficient (Wildman–Crippen LogP) is 0.366. The molecule has 11 nitrogen and oxygen atoms in total. The molecule has 1 aromatic carbocycles. The van der Waals surface area contributed by atoms with Crippen LogP contribution in [0.2, 0.25) is 0 Å². The van der Waals surface area contributed by atoms with Crippen molar-refractivity contribution in [1.82, 2.24) is 15.5 Å². The molecule has 3 amide bonds. The number of aliphatic hydroxyl groups excluding tert-OH is 1. The maximum absolute atomic E-state index is 13.3. The van der Waals surface area contributed by atoms with E-state index in [2.05, 4.69) is 28.0 Å². The zero-order valence-corrected chi connectivity index (χ0v) is 19.9. The summed E-state index contributed by atoms with van der Waals surface area (Å²) in [5.74, 6) is -2.49. The van der Waals surface area contributed by atoms with E-state index in [0.29, 0.717) is 0 Å². The SMILES string of the molecule is COC(=O)CNC(=O)C(c1cccc(O)c1)N(CCO)C(=O)C(CS)NC(=O)OC(C)(C)C. The van der Waals surface area contributed by atoms with Gasteiger partial charge < -0.3 is 35.2 Å². The van der Waals surface area contributed by atoms with Gasteiger partial charge in [-0.05, 0) is 38.5 Å². The quantitative estimate of drug-likeness (QED) is 0.235. The Bertz CT molecular complexity index is 843. The minimum atomic E-state index is -1.34. The second kappa shape index (κ2) is 12.9. The first-order chi connectivity index (χ1) is 15.4. The number of hydrogen-bond acceptors (Lipinski definition) is 9. The molecule has 0 bridgehead atoms. The number of nitrogens with zero attached hydrogens (tertiary/aromatic N) is 1. The molecule has 0 aliphatic carbocycles. The normalized spacial score (nSPS) is 12.8. The summed E-state index contributed by atoms with van der Waals surface area (Å²) in [6.45, 7) is 3.73. The van der Waals surface area contributed by atoms with Gasteiger partial charge >= 0.3 is 12.1 Å². The van der Waals surface area contributed by atoms with E-state index in [0.717, 1.165) is 12.0 Å². The van der Waals surface area contributed by atoms with E-state index >= 15 is 0 Å². The second-order valence-electron chi connectivity index (χ2n) is 7.93. The van der Waals surface area contributed by atoms with Gasteiger partial charge in [0.1, 0.15) is 30.0 Å². The molecule has 0 fully saturated rings. The Hall–Kier alpha value is -2.99. The van der Waals surface area contributed by atoms with Gasteiger partial charge in [-0.1, -0.05) is 12.1 Å². The van der Waals surface area contributed by atoms with E-state index in [1.165, 1.54) is 24.3 Å². The fraction of sp³-hybridized carbons (Fsp3) is 0.524. The van der Waals surface area contributed by atoms with Crippen molar-refractivity contribution in [3.63, 3.8) is 0 Å². The van der Waals surface area contributed by atoms with E-state index in [4.69, 9.17) is 4.74 Å². The summed E-state index contributed by atoms with van der Waals surface area (Å²) >= 11 is 4.13. The maximum atomic E-state index is 13.3. The Morgan fingerprint density at radius 2 is 1.88 bits per heavy atom.